The maximum atomic E-state index is 12.2. The number of pyridine rings is 3. The summed E-state index contributed by atoms with van der Waals surface area (Å²) in [6.07, 6.45) is 14.1. The molecule has 1 fully saturated rings. The highest BCUT2D eigenvalue weighted by Gasteiger charge is 2.29. The van der Waals surface area contributed by atoms with Crippen molar-refractivity contribution in [3.63, 3.8) is 0 Å². The zero-order valence-corrected chi connectivity index (χ0v) is 18.4. The predicted molar refractivity (Wildman–Crippen MR) is 131 cm³/mol. The standard InChI is InChI=1S/C26H19N7O2/c34-26(14-1-2-14)30-17-5-16(8-27-9-17)21-7-19-24(12-29-21)32-33-25(19)22-6-18-20(15-3-4-35-13-15)10-28-11-23(18)31-22/h3-14,31H,1-2H2,(H,30,34)(H,32,33). The van der Waals surface area contributed by atoms with Crippen LogP contribution in [0.4, 0.5) is 5.69 Å². The third-order valence-corrected chi connectivity index (χ3v) is 6.33. The second kappa shape index (κ2) is 7.63. The minimum Gasteiger partial charge on any atom is -0.472 e. The number of hydrogen-bond acceptors (Lipinski definition) is 6. The number of nitrogens with one attached hydrogen (secondary N) is 3. The lowest BCUT2D eigenvalue weighted by Crippen LogP contribution is -2.13. The fourth-order valence-corrected chi connectivity index (χ4v) is 4.34. The van der Waals surface area contributed by atoms with E-state index in [-0.39, 0.29) is 11.8 Å². The molecule has 170 valence electrons. The molecule has 1 saturated carbocycles. The molecule has 3 N–H and O–H groups in total. The van der Waals surface area contributed by atoms with Gasteiger partial charge in [0.05, 0.1) is 59.2 Å². The molecule has 0 atom stereocenters. The van der Waals surface area contributed by atoms with Gasteiger partial charge in [0.1, 0.15) is 5.69 Å². The van der Waals surface area contributed by atoms with E-state index in [2.05, 4.69) is 41.5 Å². The number of anilines is 1. The summed E-state index contributed by atoms with van der Waals surface area (Å²) in [5.74, 6) is 0.176. The van der Waals surface area contributed by atoms with Crippen LogP contribution in [0, 0.1) is 5.92 Å². The fourth-order valence-electron chi connectivity index (χ4n) is 4.34. The minimum absolute atomic E-state index is 0.0487. The van der Waals surface area contributed by atoms with Crippen molar-refractivity contribution in [1.29, 1.82) is 0 Å². The Bertz CT molecular complexity index is 1710. The number of nitrogens with zero attached hydrogens (tertiary/aromatic N) is 4. The largest absolute Gasteiger partial charge is 0.472 e. The highest BCUT2D eigenvalue weighted by molar-refractivity contribution is 6.01. The Morgan fingerprint density at radius 1 is 0.971 bits per heavy atom. The Labute approximate surface area is 198 Å². The van der Waals surface area contributed by atoms with Crippen LogP contribution in [0.3, 0.4) is 0 Å². The second-order valence-corrected chi connectivity index (χ2v) is 8.76. The van der Waals surface area contributed by atoms with E-state index in [4.69, 9.17) is 4.42 Å². The number of aromatic nitrogens is 6. The lowest BCUT2D eigenvalue weighted by atomic mass is 10.1. The van der Waals surface area contributed by atoms with Crippen molar-refractivity contribution in [1.82, 2.24) is 30.1 Å². The van der Waals surface area contributed by atoms with Gasteiger partial charge in [-0.3, -0.25) is 24.8 Å². The first kappa shape index (κ1) is 19.7. The molecule has 7 rings (SSSR count). The smallest absolute Gasteiger partial charge is 0.227 e. The summed E-state index contributed by atoms with van der Waals surface area (Å²) < 4.78 is 5.26. The lowest BCUT2D eigenvalue weighted by Gasteiger charge is -2.06. The highest BCUT2D eigenvalue weighted by atomic mass is 16.3. The average Bonchev–Trinajstić information content (AvgIpc) is 3.26. The molecule has 0 spiro atoms. The normalized spacial score (nSPS) is 13.5. The fraction of sp³-hybridized carbons (Fsp3) is 0.115. The quantitative estimate of drug-likeness (QED) is 0.325. The molecule has 6 aromatic heterocycles. The minimum atomic E-state index is 0.0487. The van der Waals surface area contributed by atoms with Gasteiger partial charge in [-0.1, -0.05) is 0 Å². The monoisotopic (exact) mass is 461 g/mol. The van der Waals surface area contributed by atoms with E-state index in [0.717, 1.165) is 68.4 Å². The van der Waals surface area contributed by atoms with Gasteiger partial charge in [0.25, 0.3) is 0 Å². The van der Waals surface area contributed by atoms with Gasteiger partial charge in [-0.2, -0.15) is 5.10 Å². The number of aromatic amines is 2. The SMILES string of the molecule is O=C(Nc1cncc(-c2cc3c(-c4cc5c(-c6ccoc6)cncc5[nH]4)n[nH]c3cn2)c1)C1CC1. The molecule has 9 heteroatoms. The molecule has 1 aliphatic carbocycles. The third kappa shape index (κ3) is 3.45. The molecule has 35 heavy (non-hydrogen) atoms. The molecule has 0 aromatic carbocycles. The molecule has 0 unspecified atom stereocenters. The van der Waals surface area contributed by atoms with Gasteiger partial charge in [0.15, 0.2) is 0 Å². The zero-order chi connectivity index (χ0) is 23.4. The van der Waals surface area contributed by atoms with Crippen LogP contribution in [0.25, 0.3) is 55.6 Å². The molecule has 1 aliphatic rings. The summed E-state index contributed by atoms with van der Waals surface area (Å²) in [4.78, 5) is 28.9. The first-order chi connectivity index (χ1) is 17.2. The first-order valence-electron chi connectivity index (χ1n) is 11.3. The number of rotatable bonds is 5. The summed E-state index contributed by atoms with van der Waals surface area (Å²) in [7, 11) is 0. The van der Waals surface area contributed by atoms with Gasteiger partial charge in [0.2, 0.25) is 5.91 Å². The Morgan fingerprint density at radius 3 is 2.74 bits per heavy atom. The molecule has 6 aromatic rings. The van der Waals surface area contributed by atoms with Crippen molar-refractivity contribution in [2.24, 2.45) is 5.92 Å². The van der Waals surface area contributed by atoms with Gasteiger partial charge in [-0.15, -0.1) is 0 Å². The van der Waals surface area contributed by atoms with Crippen LogP contribution in [0.2, 0.25) is 0 Å². The lowest BCUT2D eigenvalue weighted by molar-refractivity contribution is -0.117. The van der Waals surface area contributed by atoms with Crippen LogP contribution in [-0.4, -0.2) is 36.0 Å². The van der Waals surface area contributed by atoms with Crippen molar-refractivity contribution in [3.8, 4) is 33.8 Å². The molecule has 0 saturated heterocycles. The van der Waals surface area contributed by atoms with Gasteiger partial charge < -0.3 is 14.7 Å². The Kier molecular flexibility index (Phi) is 4.28. The number of furan rings is 1. The number of H-pyrrole nitrogens is 2. The average molecular weight is 461 g/mol. The van der Waals surface area contributed by atoms with E-state index < -0.39 is 0 Å². The van der Waals surface area contributed by atoms with Gasteiger partial charge in [0, 0.05) is 45.8 Å². The highest BCUT2D eigenvalue weighted by Crippen LogP contribution is 2.35. The van der Waals surface area contributed by atoms with Crippen LogP contribution in [-0.2, 0) is 4.79 Å². The number of hydrogen-bond donors (Lipinski definition) is 3. The van der Waals surface area contributed by atoms with Crippen LogP contribution in [0.5, 0.6) is 0 Å². The molecule has 1 amide bonds. The van der Waals surface area contributed by atoms with Crippen molar-refractivity contribution in [2.45, 2.75) is 12.8 Å². The Balaban J connectivity index is 1.29. The second-order valence-electron chi connectivity index (χ2n) is 8.76. The molecular formula is C26H19N7O2. The zero-order valence-electron chi connectivity index (χ0n) is 18.4. The van der Waals surface area contributed by atoms with E-state index in [1.807, 2.05) is 24.4 Å². The van der Waals surface area contributed by atoms with Crippen LogP contribution >= 0.6 is 0 Å². The van der Waals surface area contributed by atoms with Crippen LogP contribution in [0.15, 0.2) is 72.2 Å². The molecule has 0 bridgehead atoms. The summed E-state index contributed by atoms with van der Waals surface area (Å²) in [5, 5.41) is 12.5. The molecule has 0 aliphatic heterocycles. The van der Waals surface area contributed by atoms with Crippen LogP contribution < -0.4 is 5.32 Å². The first-order valence-corrected chi connectivity index (χ1v) is 11.3. The summed E-state index contributed by atoms with van der Waals surface area (Å²) in [6, 6.07) is 7.87. The maximum absolute atomic E-state index is 12.2. The maximum Gasteiger partial charge on any atom is 0.227 e. The number of carbonyl (C=O) groups is 1. The Hall–Kier alpha value is -4.79. The van der Waals surface area contributed by atoms with Crippen molar-refractivity contribution in [3.05, 3.63) is 67.8 Å². The number of amides is 1. The number of carbonyl (C=O) groups excluding carboxylic acids is 1. The van der Waals surface area contributed by atoms with E-state index in [9.17, 15) is 4.79 Å². The van der Waals surface area contributed by atoms with Gasteiger partial charge in [-0.05, 0) is 37.1 Å². The van der Waals surface area contributed by atoms with Crippen molar-refractivity contribution >= 4 is 33.4 Å². The third-order valence-electron chi connectivity index (χ3n) is 6.33. The molecule has 6 heterocycles. The van der Waals surface area contributed by atoms with E-state index >= 15 is 0 Å². The predicted octanol–water partition coefficient (Wildman–Crippen LogP) is 5.17. The summed E-state index contributed by atoms with van der Waals surface area (Å²) in [5.41, 5.74) is 7.56. The van der Waals surface area contributed by atoms with E-state index in [1.54, 1.807) is 37.3 Å². The van der Waals surface area contributed by atoms with Gasteiger partial charge >= 0.3 is 0 Å². The molecule has 9 nitrogen and oxygen atoms in total. The van der Waals surface area contributed by atoms with E-state index in [1.165, 1.54) is 0 Å². The topological polar surface area (TPSA) is 125 Å². The number of fused-ring (bicyclic) bond motifs is 2. The summed E-state index contributed by atoms with van der Waals surface area (Å²) >= 11 is 0. The molecule has 0 radical (unpaired) electrons. The van der Waals surface area contributed by atoms with Crippen molar-refractivity contribution < 1.29 is 9.21 Å². The van der Waals surface area contributed by atoms with Gasteiger partial charge in [-0.25, -0.2) is 0 Å². The molecular weight excluding hydrogens is 442 g/mol. The Morgan fingerprint density at radius 2 is 1.89 bits per heavy atom. The van der Waals surface area contributed by atoms with Crippen molar-refractivity contribution in [2.75, 3.05) is 5.32 Å². The summed E-state index contributed by atoms with van der Waals surface area (Å²) in [6.45, 7) is 0. The van der Waals surface area contributed by atoms with Crippen LogP contribution in [0.1, 0.15) is 12.8 Å². The van der Waals surface area contributed by atoms with E-state index in [0.29, 0.717) is 5.69 Å².